The summed E-state index contributed by atoms with van der Waals surface area (Å²) >= 11 is 5.37. The number of ether oxygens (including phenoxy) is 3. The minimum Gasteiger partial charge on any atom is -0.494 e. The van der Waals surface area contributed by atoms with Crippen LogP contribution in [0.2, 0.25) is 0 Å². The van der Waals surface area contributed by atoms with Gasteiger partial charge < -0.3 is 18.6 Å². The van der Waals surface area contributed by atoms with Crippen molar-refractivity contribution in [3.63, 3.8) is 0 Å². The molecule has 1 fully saturated rings. The first-order valence-corrected chi connectivity index (χ1v) is 9.85. The number of furan rings is 1. The van der Waals surface area contributed by atoms with E-state index in [2.05, 4.69) is 10.2 Å². The van der Waals surface area contributed by atoms with Crippen LogP contribution in [0.15, 0.2) is 40.8 Å². The Morgan fingerprint density at radius 1 is 1.18 bits per heavy atom. The number of hydrogen-bond donors (Lipinski definition) is 1. The van der Waals surface area contributed by atoms with Gasteiger partial charge in [0.15, 0.2) is 16.4 Å². The Hall–Kier alpha value is -2.58. The van der Waals surface area contributed by atoms with Gasteiger partial charge in [-0.2, -0.15) is 5.10 Å². The average Bonchev–Trinajstić information content (AvgIpc) is 3.45. The molecule has 1 saturated heterocycles. The highest BCUT2D eigenvalue weighted by molar-refractivity contribution is 7.71. The number of aromatic nitrogens is 3. The Balaban J connectivity index is 1.42. The Morgan fingerprint density at radius 3 is 2.68 bits per heavy atom. The second-order valence-corrected chi connectivity index (χ2v) is 6.94. The highest BCUT2D eigenvalue weighted by Gasteiger charge is 2.20. The van der Waals surface area contributed by atoms with Crippen LogP contribution in [0, 0.1) is 4.77 Å². The summed E-state index contributed by atoms with van der Waals surface area (Å²) in [6.45, 7) is 4.40. The zero-order valence-electron chi connectivity index (χ0n) is 15.7. The fourth-order valence-corrected chi connectivity index (χ4v) is 3.40. The van der Waals surface area contributed by atoms with Crippen LogP contribution in [-0.4, -0.2) is 34.1 Å². The van der Waals surface area contributed by atoms with Crippen LogP contribution in [0.5, 0.6) is 11.5 Å². The van der Waals surface area contributed by atoms with Gasteiger partial charge in [0.2, 0.25) is 0 Å². The maximum Gasteiger partial charge on any atom is 0.198 e. The Labute approximate surface area is 168 Å². The molecule has 1 atom stereocenters. The van der Waals surface area contributed by atoms with Crippen molar-refractivity contribution < 1.29 is 18.6 Å². The zero-order chi connectivity index (χ0) is 19.3. The fraction of sp³-hybridized carbons (Fsp3) is 0.400. The maximum absolute atomic E-state index is 5.93. The molecule has 0 spiro atoms. The highest BCUT2D eigenvalue weighted by Crippen LogP contribution is 2.24. The molecular weight excluding hydrogens is 378 g/mol. The van der Waals surface area contributed by atoms with Crippen molar-refractivity contribution in [3.05, 3.63) is 46.9 Å². The summed E-state index contributed by atoms with van der Waals surface area (Å²) in [7, 11) is 0. The molecular formula is C20H23N3O4S. The molecule has 1 aliphatic heterocycles. The van der Waals surface area contributed by atoms with Gasteiger partial charge in [-0.05, 0) is 68.4 Å². The third kappa shape index (κ3) is 4.28. The van der Waals surface area contributed by atoms with E-state index < -0.39 is 0 Å². The topological polar surface area (TPSA) is 74.4 Å². The van der Waals surface area contributed by atoms with E-state index in [-0.39, 0.29) is 6.10 Å². The number of aromatic amines is 1. The van der Waals surface area contributed by atoms with E-state index in [4.69, 9.17) is 30.8 Å². The van der Waals surface area contributed by atoms with Crippen molar-refractivity contribution in [2.24, 2.45) is 0 Å². The van der Waals surface area contributed by atoms with Crippen LogP contribution >= 0.6 is 12.2 Å². The van der Waals surface area contributed by atoms with E-state index in [1.165, 1.54) is 0 Å². The molecule has 1 aromatic carbocycles. The second-order valence-electron chi connectivity index (χ2n) is 6.56. The van der Waals surface area contributed by atoms with Crippen LogP contribution in [0.1, 0.15) is 25.5 Å². The first-order valence-electron chi connectivity index (χ1n) is 9.44. The lowest BCUT2D eigenvalue weighted by Crippen LogP contribution is -2.15. The molecule has 0 bridgehead atoms. The van der Waals surface area contributed by atoms with Crippen LogP contribution in [0.4, 0.5) is 0 Å². The minimum absolute atomic E-state index is 0.167. The maximum atomic E-state index is 5.93. The Morgan fingerprint density at radius 2 is 1.96 bits per heavy atom. The molecule has 3 aromatic rings. The Kier molecular flexibility index (Phi) is 5.78. The molecule has 3 heterocycles. The van der Waals surface area contributed by atoms with Crippen LogP contribution < -0.4 is 9.47 Å². The van der Waals surface area contributed by atoms with Gasteiger partial charge in [-0.1, -0.05) is 0 Å². The molecule has 28 heavy (non-hydrogen) atoms. The predicted octanol–water partition coefficient (Wildman–Crippen LogP) is 4.36. The molecule has 2 aromatic heterocycles. The second kappa shape index (κ2) is 8.62. The fourth-order valence-electron chi connectivity index (χ4n) is 3.20. The third-order valence-electron chi connectivity index (χ3n) is 4.57. The summed E-state index contributed by atoms with van der Waals surface area (Å²) < 4.78 is 25.4. The molecule has 4 rings (SSSR count). The molecule has 1 aliphatic rings. The van der Waals surface area contributed by atoms with E-state index in [0.29, 0.717) is 41.9 Å². The van der Waals surface area contributed by atoms with Gasteiger partial charge in [-0.3, -0.25) is 9.67 Å². The van der Waals surface area contributed by atoms with E-state index in [9.17, 15) is 0 Å². The van der Waals surface area contributed by atoms with Gasteiger partial charge in [-0.25, -0.2) is 0 Å². The molecule has 0 aliphatic carbocycles. The summed E-state index contributed by atoms with van der Waals surface area (Å²) in [6.07, 6.45) is 2.28. The summed E-state index contributed by atoms with van der Waals surface area (Å²) in [5.41, 5.74) is 0. The van der Waals surface area contributed by atoms with Crippen LogP contribution in [-0.2, 0) is 17.9 Å². The van der Waals surface area contributed by atoms with Gasteiger partial charge in [0.1, 0.15) is 23.9 Å². The average molecular weight is 401 g/mol. The van der Waals surface area contributed by atoms with E-state index in [1.807, 2.05) is 47.9 Å². The van der Waals surface area contributed by atoms with Crippen molar-refractivity contribution in [3.8, 4) is 23.1 Å². The quantitative estimate of drug-likeness (QED) is 0.566. The van der Waals surface area contributed by atoms with Crippen molar-refractivity contribution >= 4 is 12.2 Å². The number of H-pyrrole nitrogens is 1. The third-order valence-corrected chi connectivity index (χ3v) is 4.88. The number of nitrogens with one attached hydrogen (secondary N) is 1. The SMILES string of the molecule is CCOc1ccc(OCc2ccc(-c3n[nH]c(=S)n3CC3CCCO3)o2)cc1. The lowest BCUT2D eigenvalue weighted by Gasteiger charge is -2.11. The summed E-state index contributed by atoms with van der Waals surface area (Å²) in [4.78, 5) is 0. The lowest BCUT2D eigenvalue weighted by atomic mass is 10.2. The number of hydrogen-bond acceptors (Lipinski definition) is 6. The normalized spacial score (nSPS) is 16.4. The van der Waals surface area contributed by atoms with Gasteiger partial charge >= 0.3 is 0 Å². The molecule has 8 heteroatoms. The van der Waals surface area contributed by atoms with E-state index in [0.717, 1.165) is 30.9 Å². The van der Waals surface area contributed by atoms with Crippen LogP contribution in [0.25, 0.3) is 11.6 Å². The molecule has 0 radical (unpaired) electrons. The van der Waals surface area contributed by atoms with Gasteiger partial charge in [-0.15, -0.1) is 0 Å². The van der Waals surface area contributed by atoms with E-state index >= 15 is 0 Å². The molecule has 148 valence electrons. The monoisotopic (exact) mass is 401 g/mol. The highest BCUT2D eigenvalue weighted by atomic mass is 32.1. The lowest BCUT2D eigenvalue weighted by molar-refractivity contribution is 0.0969. The van der Waals surface area contributed by atoms with Crippen molar-refractivity contribution in [1.82, 2.24) is 14.8 Å². The summed E-state index contributed by atoms with van der Waals surface area (Å²) in [6, 6.07) is 11.3. The zero-order valence-corrected chi connectivity index (χ0v) is 16.5. The number of nitrogens with zero attached hydrogens (tertiary/aromatic N) is 2. The first kappa shape index (κ1) is 18.8. The van der Waals surface area contributed by atoms with Crippen molar-refractivity contribution in [1.29, 1.82) is 0 Å². The van der Waals surface area contributed by atoms with Gasteiger partial charge in [0.25, 0.3) is 0 Å². The summed E-state index contributed by atoms with van der Waals surface area (Å²) in [5, 5.41) is 7.18. The number of rotatable bonds is 8. The molecule has 1 unspecified atom stereocenters. The summed E-state index contributed by atoms with van der Waals surface area (Å²) in [5.74, 6) is 3.61. The first-order chi connectivity index (χ1) is 13.7. The van der Waals surface area contributed by atoms with Crippen molar-refractivity contribution in [2.75, 3.05) is 13.2 Å². The predicted molar refractivity (Wildman–Crippen MR) is 106 cm³/mol. The van der Waals surface area contributed by atoms with Gasteiger partial charge in [0, 0.05) is 6.61 Å². The smallest absolute Gasteiger partial charge is 0.198 e. The van der Waals surface area contributed by atoms with E-state index in [1.54, 1.807) is 0 Å². The minimum atomic E-state index is 0.167. The molecule has 0 saturated carbocycles. The van der Waals surface area contributed by atoms with Gasteiger partial charge in [0.05, 0.1) is 19.3 Å². The standard InChI is InChI=1S/C20H23N3O4S/c1-2-24-14-5-7-15(8-6-14)26-13-17-9-10-18(27-17)19-21-22-20(28)23(19)12-16-4-3-11-25-16/h5-10,16H,2-4,11-13H2,1H3,(H,22,28). The van der Waals surface area contributed by atoms with Crippen LogP contribution in [0.3, 0.4) is 0 Å². The largest absolute Gasteiger partial charge is 0.494 e. The molecule has 1 N–H and O–H groups in total. The Bertz CT molecular complexity index is 954. The van der Waals surface area contributed by atoms with Crippen molar-refractivity contribution in [2.45, 2.75) is 39.0 Å². The molecule has 7 nitrogen and oxygen atoms in total. The molecule has 0 amide bonds. The number of benzene rings is 1.